The number of ether oxygens (including phenoxy) is 1. The van der Waals surface area contributed by atoms with E-state index < -0.39 is 35.9 Å². The van der Waals surface area contributed by atoms with E-state index in [1.54, 1.807) is 0 Å². The number of carboxylic acid groups (broad SMARTS) is 2. The highest BCUT2D eigenvalue weighted by atomic mass is 16.5. The fourth-order valence-electron chi connectivity index (χ4n) is 4.27. The van der Waals surface area contributed by atoms with Crippen molar-refractivity contribution in [3.63, 3.8) is 0 Å². The van der Waals surface area contributed by atoms with Gasteiger partial charge in [-0.25, -0.2) is 4.79 Å². The first-order chi connectivity index (χ1) is 16.8. The highest BCUT2D eigenvalue weighted by Crippen LogP contribution is 2.44. The number of hydrogen-bond acceptors (Lipinski definition) is 6. The molecule has 2 aromatic rings. The molecule has 0 bridgehead atoms. The largest absolute Gasteiger partial charge is 0.481 e. The van der Waals surface area contributed by atoms with E-state index in [2.05, 4.69) is 17.4 Å². The Labute approximate surface area is 203 Å². The summed E-state index contributed by atoms with van der Waals surface area (Å²) in [5, 5.41) is 20.1. The lowest BCUT2D eigenvalue weighted by molar-refractivity contribution is -0.146. The van der Waals surface area contributed by atoms with Gasteiger partial charge in [0.25, 0.3) is 0 Å². The number of rotatable bonds is 13. The molecule has 9 nitrogen and oxygen atoms in total. The molecule has 3 rings (SSSR count). The second-order valence-corrected chi connectivity index (χ2v) is 8.60. The number of nitrogens with two attached hydrogens (primary N) is 1. The Kier molecular flexibility index (Phi) is 8.97. The smallest absolute Gasteiger partial charge is 0.326 e. The zero-order chi connectivity index (χ0) is 25.4. The number of aliphatic carboxylic acids is 2. The zero-order valence-electron chi connectivity index (χ0n) is 19.3. The Balaban J connectivity index is 1.41. The van der Waals surface area contributed by atoms with Gasteiger partial charge in [0.05, 0.1) is 0 Å². The summed E-state index contributed by atoms with van der Waals surface area (Å²) in [6.45, 7) is 0.190. The molecule has 0 fully saturated rings. The summed E-state index contributed by atoms with van der Waals surface area (Å²) in [6.07, 6.45) is 0.710. The van der Waals surface area contributed by atoms with E-state index in [9.17, 15) is 19.2 Å². The summed E-state index contributed by atoms with van der Waals surface area (Å²) in [5.41, 5.74) is 10.5. The second-order valence-electron chi connectivity index (χ2n) is 8.60. The molecular formula is C26H30N2O7. The lowest BCUT2D eigenvalue weighted by Crippen LogP contribution is -2.41. The normalized spacial score (nSPS) is 13.9. The van der Waals surface area contributed by atoms with Crippen LogP contribution in [0.4, 0.5) is 0 Å². The Bertz CT molecular complexity index is 1040. The Hall–Kier alpha value is -3.72. The van der Waals surface area contributed by atoms with Crippen molar-refractivity contribution < 1.29 is 34.1 Å². The highest BCUT2D eigenvalue weighted by molar-refractivity contribution is 5.84. The van der Waals surface area contributed by atoms with Gasteiger partial charge >= 0.3 is 17.9 Å². The molecule has 1 aliphatic carbocycles. The number of benzene rings is 2. The van der Waals surface area contributed by atoms with E-state index in [0.29, 0.717) is 19.3 Å². The molecule has 186 valence electrons. The van der Waals surface area contributed by atoms with Gasteiger partial charge in [-0.2, -0.15) is 0 Å². The SMILES string of the molecule is NC(CCCCC(=O)N[C@@H](CCC(=O)O)C(=O)O)C(=O)OCC1c2ccccc2-c2ccccc21. The van der Waals surface area contributed by atoms with Crippen LogP contribution in [0.3, 0.4) is 0 Å². The number of fused-ring (bicyclic) bond motifs is 3. The fraction of sp³-hybridized carbons (Fsp3) is 0.385. The van der Waals surface area contributed by atoms with Gasteiger partial charge in [0.15, 0.2) is 0 Å². The third kappa shape index (κ3) is 6.89. The summed E-state index contributed by atoms with van der Waals surface area (Å²) < 4.78 is 5.55. The van der Waals surface area contributed by atoms with Crippen LogP contribution < -0.4 is 11.1 Å². The molecule has 2 aromatic carbocycles. The minimum absolute atomic E-state index is 0.0499. The van der Waals surface area contributed by atoms with Gasteiger partial charge in [0.1, 0.15) is 18.7 Å². The van der Waals surface area contributed by atoms with Crippen LogP contribution in [0.15, 0.2) is 48.5 Å². The van der Waals surface area contributed by atoms with Gasteiger partial charge in [-0.3, -0.25) is 14.4 Å². The van der Waals surface area contributed by atoms with Crippen molar-refractivity contribution in [2.75, 3.05) is 6.61 Å². The lowest BCUT2D eigenvalue weighted by atomic mass is 9.98. The predicted octanol–water partition coefficient (Wildman–Crippen LogP) is 2.66. The third-order valence-corrected chi connectivity index (χ3v) is 6.11. The molecule has 0 radical (unpaired) electrons. The monoisotopic (exact) mass is 482 g/mol. The molecule has 0 aromatic heterocycles. The summed E-state index contributed by atoms with van der Waals surface area (Å²) >= 11 is 0. The number of esters is 1. The number of unbranched alkanes of at least 4 members (excludes halogenated alkanes) is 1. The average Bonchev–Trinajstić information content (AvgIpc) is 3.16. The fourth-order valence-corrected chi connectivity index (χ4v) is 4.27. The molecule has 35 heavy (non-hydrogen) atoms. The third-order valence-electron chi connectivity index (χ3n) is 6.11. The van der Waals surface area contributed by atoms with Crippen molar-refractivity contribution in [3.8, 4) is 11.1 Å². The highest BCUT2D eigenvalue weighted by Gasteiger charge is 2.29. The number of carbonyl (C=O) groups is 4. The number of carboxylic acids is 2. The van der Waals surface area contributed by atoms with Gasteiger partial charge in [-0.15, -0.1) is 0 Å². The molecular weight excluding hydrogens is 452 g/mol. The van der Waals surface area contributed by atoms with E-state index in [0.717, 1.165) is 22.3 Å². The zero-order valence-corrected chi connectivity index (χ0v) is 19.3. The Morgan fingerprint density at radius 3 is 2.06 bits per heavy atom. The molecule has 0 saturated carbocycles. The first kappa shape index (κ1) is 25.9. The van der Waals surface area contributed by atoms with Gasteiger partial charge in [-0.1, -0.05) is 55.0 Å². The van der Waals surface area contributed by atoms with Crippen LogP contribution in [0.25, 0.3) is 11.1 Å². The van der Waals surface area contributed by atoms with Crippen LogP contribution in [0.1, 0.15) is 55.6 Å². The second kappa shape index (κ2) is 12.1. The number of amides is 1. The molecule has 1 unspecified atom stereocenters. The Morgan fingerprint density at radius 2 is 1.49 bits per heavy atom. The molecule has 0 heterocycles. The number of carbonyl (C=O) groups excluding carboxylic acids is 2. The average molecular weight is 483 g/mol. The van der Waals surface area contributed by atoms with Crippen molar-refractivity contribution in [1.82, 2.24) is 5.32 Å². The van der Waals surface area contributed by atoms with Crippen LogP contribution in [0.2, 0.25) is 0 Å². The standard InChI is InChI=1S/C26H30N2O7/c27-21(11-5-6-12-23(29)28-22(25(32)33)13-14-24(30)31)26(34)35-15-20-18-9-3-1-7-16(18)17-8-2-4-10-19(17)20/h1-4,7-10,20-22H,5-6,11-15,27H2,(H,28,29)(H,30,31)(H,32,33)/t21?,22-/m0/s1. The minimum atomic E-state index is -1.28. The van der Waals surface area contributed by atoms with Crippen molar-refractivity contribution in [2.24, 2.45) is 5.73 Å². The predicted molar refractivity (Wildman–Crippen MR) is 128 cm³/mol. The van der Waals surface area contributed by atoms with E-state index in [-0.39, 0.29) is 31.8 Å². The molecule has 0 aliphatic heterocycles. The van der Waals surface area contributed by atoms with Crippen molar-refractivity contribution >= 4 is 23.8 Å². The first-order valence-electron chi connectivity index (χ1n) is 11.6. The van der Waals surface area contributed by atoms with Crippen molar-refractivity contribution in [3.05, 3.63) is 59.7 Å². The van der Waals surface area contributed by atoms with Crippen LogP contribution in [0, 0.1) is 0 Å². The van der Waals surface area contributed by atoms with Crippen LogP contribution >= 0.6 is 0 Å². The summed E-state index contributed by atoms with van der Waals surface area (Å²) in [6, 6.07) is 14.0. The molecule has 0 spiro atoms. The van der Waals surface area contributed by atoms with E-state index in [1.807, 2.05) is 36.4 Å². The first-order valence-corrected chi connectivity index (χ1v) is 11.6. The lowest BCUT2D eigenvalue weighted by Gasteiger charge is -2.17. The maximum absolute atomic E-state index is 12.5. The summed E-state index contributed by atoms with van der Waals surface area (Å²) in [4.78, 5) is 46.2. The van der Waals surface area contributed by atoms with Crippen molar-refractivity contribution in [2.45, 2.75) is 56.5 Å². The van der Waals surface area contributed by atoms with E-state index in [1.165, 1.54) is 0 Å². The molecule has 2 atom stereocenters. The van der Waals surface area contributed by atoms with Gasteiger partial charge in [-0.05, 0) is 41.5 Å². The molecule has 1 aliphatic rings. The minimum Gasteiger partial charge on any atom is -0.481 e. The van der Waals surface area contributed by atoms with Gasteiger partial charge < -0.3 is 26.0 Å². The van der Waals surface area contributed by atoms with Crippen LogP contribution in [0.5, 0.6) is 0 Å². The molecule has 0 saturated heterocycles. The quantitative estimate of drug-likeness (QED) is 0.251. The molecule has 5 N–H and O–H groups in total. The van der Waals surface area contributed by atoms with Gasteiger partial charge in [0.2, 0.25) is 5.91 Å². The van der Waals surface area contributed by atoms with Gasteiger partial charge in [0, 0.05) is 18.8 Å². The summed E-state index contributed by atoms with van der Waals surface area (Å²) in [7, 11) is 0. The van der Waals surface area contributed by atoms with Crippen molar-refractivity contribution in [1.29, 1.82) is 0 Å². The molecule has 1 amide bonds. The topological polar surface area (TPSA) is 156 Å². The maximum atomic E-state index is 12.5. The summed E-state index contributed by atoms with van der Waals surface area (Å²) in [5.74, 6) is -3.46. The maximum Gasteiger partial charge on any atom is 0.326 e. The number of hydrogen-bond donors (Lipinski definition) is 4. The number of nitrogens with one attached hydrogen (secondary N) is 1. The van der Waals surface area contributed by atoms with Crippen LogP contribution in [-0.4, -0.2) is 52.7 Å². The van der Waals surface area contributed by atoms with Crippen LogP contribution in [-0.2, 0) is 23.9 Å². The Morgan fingerprint density at radius 1 is 0.886 bits per heavy atom. The molecule has 9 heteroatoms. The van der Waals surface area contributed by atoms with E-state index >= 15 is 0 Å². The van der Waals surface area contributed by atoms with E-state index in [4.69, 9.17) is 20.7 Å².